The van der Waals surface area contributed by atoms with E-state index in [4.69, 9.17) is 0 Å². The van der Waals surface area contributed by atoms with E-state index in [9.17, 15) is 0 Å². The molecule has 0 aromatic rings. The molecular formula is C25H53FN2Si. The van der Waals surface area contributed by atoms with Crippen LogP contribution < -0.4 is 4.70 Å². The maximum atomic E-state index is 4.00. The molecule has 1 atom stereocenters. The lowest BCUT2D eigenvalue weighted by molar-refractivity contribution is -0.929. The van der Waals surface area contributed by atoms with Gasteiger partial charge in [0.05, 0.1) is 34.3 Å². The highest BCUT2D eigenvalue weighted by atomic mass is 28.3. The van der Waals surface area contributed by atoms with Gasteiger partial charge < -0.3 is 9.19 Å². The maximum Gasteiger partial charge on any atom is 0.0787 e. The Morgan fingerprint density at radius 1 is 0.759 bits per heavy atom. The van der Waals surface area contributed by atoms with Crippen LogP contribution in [0.15, 0.2) is 25.3 Å². The zero-order chi connectivity index (χ0) is 21.5. The van der Waals surface area contributed by atoms with E-state index in [0.717, 1.165) is 13.1 Å². The molecule has 2 nitrogen and oxygen atoms in total. The summed E-state index contributed by atoms with van der Waals surface area (Å²) in [5, 5.41) is 0. The first-order chi connectivity index (χ1) is 13.3. The largest absolute Gasteiger partial charge is 1.00 e. The molecule has 0 bridgehead atoms. The average Bonchev–Trinajstić information content (AvgIpc) is 2.65. The van der Waals surface area contributed by atoms with E-state index >= 15 is 0 Å². The van der Waals surface area contributed by atoms with Gasteiger partial charge in [0.2, 0.25) is 0 Å². The summed E-state index contributed by atoms with van der Waals surface area (Å²) in [5.74, 6) is 0. The minimum absolute atomic E-state index is 0. The number of unbranched alkanes of at least 4 members (excludes halogenated alkanes) is 3. The van der Waals surface area contributed by atoms with Crippen molar-refractivity contribution in [2.45, 2.75) is 97.4 Å². The molecule has 4 heteroatoms. The second-order valence-corrected chi connectivity index (χ2v) is 15.3. The van der Waals surface area contributed by atoms with Crippen molar-refractivity contribution >= 4 is 8.07 Å². The van der Waals surface area contributed by atoms with Crippen LogP contribution in [0, 0.1) is 0 Å². The van der Waals surface area contributed by atoms with Gasteiger partial charge in [-0.2, -0.15) is 0 Å². The molecular weight excluding hydrogens is 375 g/mol. The van der Waals surface area contributed by atoms with Crippen molar-refractivity contribution in [2.75, 3.05) is 39.3 Å². The Labute approximate surface area is 184 Å². The van der Waals surface area contributed by atoms with Crippen LogP contribution in [0.25, 0.3) is 0 Å². The van der Waals surface area contributed by atoms with Gasteiger partial charge in [-0.3, -0.25) is 4.90 Å². The zero-order valence-electron chi connectivity index (χ0n) is 20.8. The van der Waals surface area contributed by atoms with Gasteiger partial charge in [-0.1, -0.05) is 71.8 Å². The Kier molecular flexibility index (Phi) is 18.3. The lowest BCUT2D eigenvalue weighted by Crippen LogP contribution is -3.00. The van der Waals surface area contributed by atoms with E-state index in [1.807, 2.05) is 0 Å². The first kappa shape index (κ1) is 30.7. The van der Waals surface area contributed by atoms with E-state index in [1.54, 1.807) is 0 Å². The predicted octanol–water partition coefficient (Wildman–Crippen LogP) is 3.91. The van der Waals surface area contributed by atoms with E-state index in [1.165, 1.54) is 82.0 Å². The summed E-state index contributed by atoms with van der Waals surface area (Å²) in [4.78, 5) is 2.63. The van der Waals surface area contributed by atoms with Gasteiger partial charge in [0.25, 0.3) is 0 Å². The highest BCUT2D eigenvalue weighted by molar-refractivity contribution is 6.77. The molecule has 0 aliphatic heterocycles. The Hall–Kier alpha value is -0.453. The third-order valence-corrected chi connectivity index (χ3v) is 8.89. The molecule has 174 valence electrons. The molecule has 0 aliphatic carbocycles. The Balaban J connectivity index is 0. The van der Waals surface area contributed by atoms with Crippen LogP contribution in [0.1, 0.15) is 72.1 Å². The summed E-state index contributed by atoms with van der Waals surface area (Å²) in [6.45, 7) is 30.1. The van der Waals surface area contributed by atoms with Crippen molar-refractivity contribution in [3.63, 3.8) is 0 Å². The number of hydrogen-bond donors (Lipinski definition) is 0. The molecule has 0 aliphatic rings. The molecule has 0 spiro atoms. The van der Waals surface area contributed by atoms with Crippen LogP contribution in [0.2, 0.25) is 19.6 Å². The second kappa shape index (κ2) is 17.3. The summed E-state index contributed by atoms with van der Waals surface area (Å²) < 4.78 is 1.37. The van der Waals surface area contributed by atoms with E-state index < -0.39 is 8.07 Å². The number of quaternary nitrogens is 1. The third kappa shape index (κ3) is 12.8. The molecule has 0 aromatic carbocycles. The smallest absolute Gasteiger partial charge is 0.0787 e. The van der Waals surface area contributed by atoms with Gasteiger partial charge in [0.15, 0.2) is 0 Å². The molecule has 0 saturated heterocycles. The van der Waals surface area contributed by atoms with Crippen LogP contribution in [0.5, 0.6) is 0 Å². The van der Waals surface area contributed by atoms with Crippen molar-refractivity contribution in [2.24, 2.45) is 0 Å². The SMILES string of the molecule is C=CCN(CC=C)C(CCC[N+](CCCC)(CCCC)CCCC)[Si](C)(C)C.[F-]. The topological polar surface area (TPSA) is 3.24 Å². The minimum Gasteiger partial charge on any atom is -1.00 e. The Morgan fingerprint density at radius 2 is 1.14 bits per heavy atom. The van der Waals surface area contributed by atoms with Gasteiger partial charge in [-0.25, -0.2) is 0 Å². The summed E-state index contributed by atoms with van der Waals surface area (Å²) in [5.41, 5.74) is 0.717. The average molecular weight is 429 g/mol. The maximum absolute atomic E-state index is 4.00. The third-order valence-electron chi connectivity index (χ3n) is 6.24. The molecule has 0 aromatic heterocycles. The Morgan fingerprint density at radius 3 is 1.45 bits per heavy atom. The highest BCUT2D eigenvalue weighted by Gasteiger charge is 2.32. The molecule has 29 heavy (non-hydrogen) atoms. The quantitative estimate of drug-likeness (QED) is 0.171. The number of halogens is 1. The first-order valence-electron chi connectivity index (χ1n) is 12.1. The van der Waals surface area contributed by atoms with Crippen LogP contribution in [-0.2, 0) is 0 Å². The van der Waals surface area contributed by atoms with E-state index in [0.29, 0.717) is 5.67 Å². The molecule has 0 saturated carbocycles. The number of rotatable bonds is 19. The summed E-state index contributed by atoms with van der Waals surface area (Å²) in [6.07, 6.45) is 14.9. The van der Waals surface area contributed by atoms with Gasteiger partial charge in [0, 0.05) is 18.8 Å². The second-order valence-electron chi connectivity index (χ2n) is 9.85. The summed E-state index contributed by atoms with van der Waals surface area (Å²) >= 11 is 0. The van der Waals surface area contributed by atoms with Gasteiger partial charge in [-0.15, -0.1) is 13.2 Å². The molecule has 0 N–H and O–H groups in total. The lowest BCUT2D eigenvalue weighted by Gasteiger charge is -2.42. The van der Waals surface area contributed by atoms with Gasteiger partial charge in [-0.05, 0) is 32.1 Å². The molecule has 1 unspecified atom stereocenters. The summed E-state index contributed by atoms with van der Waals surface area (Å²) in [7, 11) is -1.27. The van der Waals surface area contributed by atoms with Crippen LogP contribution >= 0.6 is 0 Å². The van der Waals surface area contributed by atoms with Crippen LogP contribution in [0.3, 0.4) is 0 Å². The van der Waals surface area contributed by atoms with Crippen molar-refractivity contribution < 1.29 is 9.19 Å². The molecule has 0 fully saturated rings. The predicted molar refractivity (Wildman–Crippen MR) is 133 cm³/mol. The van der Waals surface area contributed by atoms with Crippen molar-refractivity contribution in [1.82, 2.24) is 4.90 Å². The normalized spacial score (nSPS) is 13.2. The minimum atomic E-state index is -1.27. The van der Waals surface area contributed by atoms with Crippen LogP contribution in [0.4, 0.5) is 0 Å². The fourth-order valence-corrected chi connectivity index (χ4v) is 6.97. The lowest BCUT2D eigenvalue weighted by atomic mass is 10.1. The standard InChI is InChI=1S/C25H53N2Si.FH/c1-9-14-21-27(22-15-10-2,23-16-11-3)24-17-18-25(28(6,7)8)26(19-12-4)20-13-5;/h12-13,25H,4-5,9-11,14-24H2,1-3,6-8H3;1H/q+1;/p-1. The Bertz CT molecular complexity index is 374. The number of nitrogens with zero attached hydrogens (tertiary/aromatic N) is 2. The van der Waals surface area contributed by atoms with E-state index in [2.05, 4.69) is 70.6 Å². The molecule has 0 radical (unpaired) electrons. The fraction of sp³-hybridized carbons (Fsp3) is 0.840. The van der Waals surface area contributed by atoms with Gasteiger partial charge >= 0.3 is 0 Å². The first-order valence-corrected chi connectivity index (χ1v) is 15.7. The van der Waals surface area contributed by atoms with Crippen molar-refractivity contribution in [1.29, 1.82) is 0 Å². The van der Waals surface area contributed by atoms with Crippen molar-refractivity contribution in [3.05, 3.63) is 25.3 Å². The van der Waals surface area contributed by atoms with E-state index in [-0.39, 0.29) is 4.70 Å². The molecule has 0 amide bonds. The highest BCUT2D eigenvalue weighted by Crippen LogP contribution is 2.23. The summed E-state index contributed by atoms with van der Waals surface area (Å²) in [6, 6.07) is 0. The van der Waals surface area contributed by atoms with Gasteiger partial charge in [0.1, 0.15) is 0 Å². The number of hydrogen-bond acceptors (Lipinski definition) is 1. The molecule has 0 heterocycles. The molecule has 0 rings (SSSR count). The van der Waals surface area contributed by atoms with Crippen LogP contribution in [-0.4, -0.2) is 62.4 Å². The fourth-order valence-electron chi connectivity index (χ4n) is 4.60. The monoisotopic (exact) mass is 428 g/mol. The zero-order valence-corrected chi connectivity index (χ0v) is 21.8. The van der Waals surface area contributed by atoms with Crippen molar-refractivity contribution in [3.8, 4) is 0 Å².